The summed E-state index contributed by atoms with van der Waals surface area (Å²) in [4.78, 5) is 24.9. The van der Waals surface area contributed by atoms with E-state index in [1.165, 1.54) is 6.08 Å². The van der Waals surface area contributed by atoms with E-state index in [0.29, 0.717) is 11.3 Å². The molecule has 0 saturated heterocycles. The largest absolute Gasteiger partial charge is 0.347 e. The number of anilines is 1. The van der Waals surface area contributed by atoms with Gasteiger partial charge in [0.15, 0.2) is 0 Å². The first-order chi connectivity index (χ1) is 10.8. The SMILES string of the molecule is CC(C)(C)NC(=O)c1ccc(NC(=O)/C=C/c2cccs2)cc1. The third-order valence-corrected chi connectivity index (χ3v) is 3.68. The Balaban J connectivity index is 1.94. The molecule has 0 fully saturated rings. The standard InChI is InChI=1S/C18H20N2O2S/c1-18(2,3)20-17(22)13-6-8-14(9-7-13)19-16(21)11-10-15-5-4-12-23-15/h4-12H,1-3H3,(H,19,21)(H,20,22)/b11-10+. The third kappa shape index (κ3) is 5.71. The molecular formula is C18H20N2O2S. The Labute approximate surface area is 140 Å². The molecule has 0 aliphatic rings. The summed E-state index contributed by atoms with van der Waals surface area (Å²) in [6.07, 6.45) is 3.26. The molecule has 2 aromatic rings. The average molecular weight is 328 g/mol. The molecule has 0 bridgehead atoms. The van der Waals surface area contributed by atoms with Crippen molar-refractivity contribution in [3.8, 4) is 0 Å². The van der Waals surface area contributed by atoms with E-state index >= 15 is 0 Å². The van der Waals surface area contributed by atoms with E-state index < -0.39 is 0 Å². The zero-order valence-corrected chi connectivity index (χ0v) is 14.2. The lowest BCUT2D eigenvalue weighted by Gasteiger charge is -2.20. The van der Waals surface area contributed by atoms with Crippen molar-refractivity contribution in [2.24, 2.45) is 0 Å². The molecule has 1 aromatic heterocycles. The molecule has 1 heterocycles. The highest BCUT2D eigenvalue weighted by molar-refractivity contribution is 7.10. The molecule has 0 atom stereocenters. The van der Waals surface area contributed by atoms with Gasteiger partial charge in [-0.1, -0.05) is 6.07 Å². The fourth-order valence-corrected chi connectivity index (χ4v) is 2.46. The van der Waals surface area contributed by atoms with E-state index in [1.54, 1.807) is 41.7 Å². The topological polar surface area (TPSA) is 58.2 Å². The maximum absolute atomic E-state index is 12.0. The Kier molecular flexibility index (Phi) is 5.34. The van der Waals surface area contributed by atoms with Crippen LogP contribution in [0.25, 0.3) is 6.08 Å². The number of amides is 2. The molecule has 1 aromatic carbocycles. The van der Waals surface area contributed by atoms with Crippen LogP contribution in [0.15, 0.2) is 47.9 Å². The van der Waals surface area contributed by atoms with Gasteiger partial charge in [-0.3, -0.25) is 9.59 Å². The fourth-order valence-electron chi connectivity index (χ4n) is 1.85. The molecule has 5 heteroatoms. The summed E-state index contributed by atoms with van der Waals surface area (Å²) in [6.45, 7) is 5.79. The van der Waals surface area contributed by atoms with Crippen molar-refractivity contribution in [1.29, 1.82) is 0 Å². The Morgan fingerprint density at radius 1 is 1.09 bits per heavy atom. The first-order valence-corrected chi connectivity index (χ1v) is 8.17. The van der Waals surface area contributed by atoms with Crippen LogP contribution in [0.1, 0.15) is 36.0 Å². The van der Waals surface area contributed by atoms with Gasteiger partial charge in [0.05, 0.1) is 0 Å². The highest BCUT2D eigenvalue weighted by atomic mass is 32.1. The highest BCUT2D eigenvalue weighted by Crippen LogP contribution is 2.13. The Morgan fingerprint density at radius 2 is 1.78 bits per heavy atom. The van der Waals surface area contributed by atoms with Crippen molar-refractivity contribution in [3.63, 3.8) is 0 Å². The summed E-state index contributed by atoms with van der Waals surface area (Å²) < 4.78 is 0. The molecule has 4 nitrogen and oxygen atoms in total. The Bertz CT molecular complexity index is 696. The summed E-state index contributed by atoms with van der Waals surface area (Å²) >= 11 is 1.57. The van der Waals surface area contributed by atoms with E-state index in [0.717, 1.165) is 4.88 Å². The van der Waals surface area contributed by atoms with Gasteiger partial charge < -0.3 is 10.6 Å². The molecule has 2 N–H and O–H groups in total. The van der Waals surface area contributed by atoms with Crippen LogP contribution in [-0.2, 0) is 4.79 Å². The molecular weight excluding hydrogens is 308 g/mol. The van der Waals surface area contributed by atoms with Crippen LogP contribution in [0.4, 0.5) is 5.69 Å². The van der Waals surface area contributed by atoms with Gasteiger partial charge >= 0.3 is 0 Å². The molecule has 0 unspecified atom stereocenters. The van der Waals surface area contributed by atoms with E-state index in [-0.39, 0.29) is 17.4 Å². The number of benzene rings is 1. The number of thiophene rings is 1. The molecule has 0 aliphatic heterocycles. The maximum Gasteiger partial charge on any atom is 0.251 e. The van der Waals surface area contributed by atoms with Crippen LogP contribution < -0.4 is 10.6 Å². The molecule has 23 heavy (non-hydrogen) atoms. The van der Waals surface area contributed by atoms with Gasteiger partial charge in [0.1, 0.15) is 0 Å². The van der Waals surface area contributed by atoms with Gasteiger partial charge in [-0.15, -0.1) is 11.3 Å². The molecule has 0 saturated carbocycles. The van der Waals surface area contributed by atoms with Gasteiger partial charge in [-0.25, -0.2) is 0 Å². The lowest BCUT2D eigenvalue weighted by atomic mass is 10.1. The van der Waals surface area contributed by atoms with E-state index in [4.69, 9.17) is 0 Å². The number of nitrogens with one attached hydrogen (secondary N) is 2. The van der Waals surface area contributed by atoms with Crippen LogP contribution in [0.3, 0.4) is 0 Å². The summed E-state index contributed by atoms with van der Waals surface area (Å²) in [5, 5.41) is 7.62. The minimum Gasteiger partial charge on any atom is -0.347 e. The molecule has 0 aliphatic carbocycles. The van der Waals surface area contributed by atoms with Crippen molar-refractivity contribution in [2.75, 3.05) is 5.32 Å². The second kappa shape index (κ2) is 7.24. The predicted molar refractivity (Wildman–Crippen MR) is 95.6 cm³/mol. The molecule has 2 amide bonds. The van der Waals surface area contributed by atoms with Crippen LogP contribution in [-0.4, -0.2) is 17.4 Å². The highest BCUT2D eigenvalue weighted by Gasteiger charge is 2.15. The normalized spacial score (nSPS) is 11.4. The average Bonchev–Trinajstić information content (AvgIpc) is 2.97. The molecule has 2 rings (SSSR count). The maximum atomic E-state index is 12.0. The lowest BCUT2D eigenvalue weighted by Crippen LogP contribution is -2.40. The summed E-state index contributed by atoms with van der Waals surface area (Å²) in [5.41, 5.74) is 0.932. The third-order valence-electron chi connectivity index (χ3n) is 2.85. The van der Waals surface area contributed by atoms with Crippen LogP contribution in [0.2, 0.25) is 0 Å². The predicted octanol–water partition coefficient (Wildman–Crippen LogP) is 3.93. The zero-order valence-electron chi connectivity index (χ0n) is 13.4. The van der Waals surface area contributed by atoms with Crippen molar-refractivity contribution in [1.82, 2.24) is 5.32 Å². The number of carbonyl (C=O) groups excluding carboxylic acids is 2. The van der Waals surface area contributed by atoms with Gasteiger partial charge in [-0.2, -0.15) is 0 Å². The van der Waals surface area contributed by atoms with Crippen LogP contribution in [0.5, 0.6) is 0 Å². The monoisotopic (exact) mass is 328 g/mol. The number of hydrogen-bond acceptors (Lipinski definition) is 3. The van der Waals surface area contributed by atoms with Gasteiger partial charge in [0.2, 0.25) is 5.91 Å². The minimum absolute atomic E-state index is 0.132. The number of carbonyl (C=O) groups is 2. The second-order valence-corrected chi connectivity index (χ2v) is 7.10. The van der Waals surface area contributed by atoms with E-state index in [9.17, 15) is 9.59 Å². The first kappa shape index (κ1) is 17.0. The van der Waals surface area contributed by atoms with Gasteiger partial charge in [0.25, 0.3) is 5.91 Å². The number of hydrogen-bond donors (Lipinski definition) is 2. The Hall–Kier alpha value is -2.40. The van der Waals surface area contributed by atoms with Crippen LogP contribution >= 0.6 is 11.3 Å². The van der Waals surface area contributed by atoms with Gasteiger partial charge in [0, 0.05) is 27.7 Å². The first-order valence-electron chi connectivity index (χ1n) is 7.29. The fraction of sp³-hybridized carbons (Fsp3) is 0.222. The summed E-state index contributed by atoms with van der Waals surface area (Å²) in [7, 11) is 0. The van der Waals surface area contributed by atoms with Crippen molar-refractivity contribution < 1.29 is 9.59 Å². The quantitative estimate of drug-likeness (QED) is 0.836. The minimum atomic E-state index is -0.281. The smallest absolute Gasteiger partial charge is 0.251 e. The van der Waals surface area contributed by atoms with Crippen molar-refractivity contribution in [3.05, 3.63) is 58.3 Å². The lowest BCUT2D eigenvalue weighted by molar-refractivity contribution is -0.111. The summed E-state index contributed by atoms with van der Waals surface area (Å²) in [5.74, 6) is -0.335. The van der Waals surface area contributed by atoms with E-state index in [2.05, 4.69) is 10.6 Å². The molecule has 0 radical (unpaired) electrons. The van der Waals surface area contributed by atoms with Crippen molar-refractivity contribution >= 4 is 34.9 Å². The molecule has 120 valence electrons. The van der Waals surface area contributed by atoms with Crippen LogP contribution in [0, 0.1) is 0 Å². The second-order valence-electron chi connectivity index (χ2n) is 6.12. The van der Waals surface area contributed by atoms with Gasteiger partial charge in [-0.05, 0) is 62.6 Å². The number of rotatable bonds is 4. The van der Waals surface area contributed by atoms with Crippen molar-refractivity contribution in [2.45, 2.75) is 26.3 Å². The summed E-state index contributed by atoms with van der Waals surface area (Å²) in [6, 6.07) is 10.7. The Morgan fingerprint density at radius 3 is 2.35 bits per heavy atom. The van der Waals surface area contributed by atoms with E-state index in [1.807, 2.05) is 38.3 Å². The zero-order chi connectivity index (χ0) is 16.9. The molecule has 0 spiro atoms.